The first-order valence-electron chi connectivity index (χ1n) is 9.15. The van der Waals surface area contributed by atoms with Crippen molar-refractivity contribution in [3.63, 3.8) is 0 Å². The Morgan fingerprint density at radius 1 is 1.33 bits per heavy atom. The first kappa shape index (κ1) is 19.4. The molecular formula is C20H28N4O3. The number of nitrogens with zero attached hydrogens (tertiary/aromatic N) is 2. The number of methoxy groups -OCH3 is 1. The topological polar surface area (TPSA) is 93.6 Å². The summed E-state index contributed by atoms with van der Waals surface area (Å²) in [5.74, 6) is 1.26. The van der Waals surface area contributed by atoms with Gasteiger partial charge in [-0.2, -0.15) is 0 Å². The number of amides is 1. The molecule has 1 aromatic carbocycles. The van der Waals surface area contributed by atoms with Crippen molar-refractivity contribution in [1.29, 1.82) is 0 Å². The van der Waals surface area contributed by atoms with Gasteiger partial charge in [-0.3, -0.25) is 15.0 Å². The van der Waals surface area contributed by atoms with Crippen LogP contribution in [0.25, 0.3) is 0 Å². The van der Waals surface area contributed by atoms with Crippen LogP contribution in [0.4, 0.5) is 5.88 Å². The third-order valence-electron chi connectivity index (χ3n) is 4.89. The maximum Gasteiger partial charge on any atom is 0.240 e. The zero-order valence-electron chi connectivity index (χ0n) is 16.4. The number of anilines is 1. The lowest BCUT2D eigenvalue weighted by atomic mass is 9.92. The number of likely N-dealkylation sites (tertiary alicyclic amines) is 1. The van der Waals surface area contributed by atoms with Gasteiger partial charge in [0.25, 0.3) is 0 Å². The van der Waals surface area contributed by atoms with Gasteiger partial charge in [0.1, 0.15) is 5.75 Å². The van der Waals surface area contributed by atoms with E-state index in [1.165, 1.54) is 0 Å². The van der Waals surface area contributed by atoms with Gasteiger partial charge in [-0.1, -0.05) is 38.1 Å². The summed E-state index contributed by atoms with van der Waals surface area (Å²) in [6, 6.07) is 9.71. The third-order valence-corrected chi connectivity index (χ3v) is 4.89. The normalized spacial score (nSPS) is 20.6. The average molecular weight is 372 g/mol. The lowest BCUT2D eigenvalue weighted by Crippen LogP contribution is -2.33. The molecule has 7 heteroatoms. The lowest BCUT2D eigenvalue weighted by Gasteiger charge is -2.16. The van der Waals surface area contributed by atoms with E-state index in [9.17, 15) is 4.79 Å². The fourth-order valence-electron chi connectivity index (χ4n) is 3.31. The molecule has 3 rings (SSSR count). The van der Waals surface area contributed by atoms with Crippen LogP contribution in [-0.2, 0) is 10.2 Å². The molecular weight excluding hydrogens is 344 g/mol. The van der Waals surface area contributed by atoms with Gasteiger partial charge in [-0.25, -0.2) is 0 Å². The standard InChI is InChI=1S/C20H28N4O3/c1-20(2,3)17-9-19(27-23-17)22-18(25)12-24-10-15(16(21)11-24)13-5-7-14(26-4)8-6-13/h5-9,15-16H,10-12,21H2,1-4H3,(H,22,25)/t15-,16+/m0/s1. The van der Waals surface area contributed by atoms with Crippen molar-refractivity contribution in [2.45, 2.75) is 38.1 Å². The number of aromatic nitrogens is 1. The van der Waals surface area contributed by atoms with Gasteiger partial charge < -0.3 is 15.0 Å². The summed E-state index contributed by atoms with van der Waals surface area (Å²) in [7, 11) is 1.65. The molecule has 1 amide bonds. The highest BCUT2D eigenvalue weighted by atomic mass is 16.5. The summed E-state index contributed by atoms with van der Waals surface area (Å²) in [6.07, 6.45) is 0. The number of hydrogen-bond donors (Lipinski definition) is 2. The van der Waals surface area contributed by atoms with Crippen LogP contribution in [0.2, 0.25) is 0 Å². The summed E-state index contributed by atoms with van der Waals surface area (Å²) in [5.41, 5.74) is 8.16. The zero-order chi connectivity index (χ0) is 19.6. The van der Waals surface area contributed by atoms with Crippen molar-refractivity contribution < 1.29 is 14.1 Å². The number of hydrogen-bond acceptors (Lipinski definition) is 6. The molecule has 1 aromatic heterocycles. The molecule has 2 atom stereocenters. The van der Waals surface area contributed by atoms with Gasteiger partial charge in [0, 0.05) is 36.5 Å². The van der Waals surface area contributed by atoms with Crippen LogP contribution in [0, 0.1) is 0 Å². The van der Waals surface area contributed by atoms with Crippen LogP contribution in [0.3, 0.4) is 0 Å². The second-order valence-corrected chi connectivity index (χ2v) is 8.11. The lowest BCUT2D eigenvalue weighted by molar-refractivity contribution is -0.117. The predicted octanol–water partition coefficient (Wildman–Crippen LogP) is 2.35. The third kappa shape index (κ3) is 4.67. The predicted molar refractivity (Wildman–Crippen MR) is 104 cm³/mol. The van der Waals surface area contributed by atoms with Crippen LogP contribution in [0.1, 0.15) is 37.9 Å². The summed E-state index contributed by atoms with van der Waals surface area (Å²) in [6.45, 7) is 7.81. The van der Waals surface area contributed by atoms with Crippen molar-refractivity contribution in [2.75, 3.05) is 32.1 Å². The first-order valence-corrected chi connectivity index (χ1v) is 9.15. The molecule has 27 heavy (non-hydrogen) atoms. The molecule has 146 valence electrons. The molecule has 0 aliphatic carbocycles. The van der Waals surface area contributed by atoms with Gasteiger partial charge >= 0.3 is 0 Å². The number of nitrogens with two attached hydrogens (primary N) is 1. The van der Waals surface area contributed by atoms with E-state index in [0.29, 0.717) is 12.4 Å². The first-order chi connectivity index (χ1) is 12.8. The molecule has 1 fully saturated rings. The summed E-state index contributed by atoms with van der Waals surface area (Å²) in [4.78, 5) is 14.4. The van der Waals surface area contributed by atoms with Crippen molar-refractivity contribution in [2.24, 2.45) is 5.73 Å². The van der Waals surface area contributed by atoms with E-state index in [0.717, 1.165) is 23.6 Å². The van der Waals surface area contributed by atoms with Crippen molar-refractivity contribution >= 4 is 11.8 Å². The molecule has 1 aliphatic rings. The molecule has 2 aromatic rings. The second-order valence-electron chi connectivity index (χ2n) is 8.11. The van der Waals surface area contributed by atoms with E-state index in [2.05, 4.69) is 15.4 Å². The van der Waals surface area contributed by atoms with Crippen LogP contribution in [-0.4, -0.2) is 48.7 Å². The van der Waals surface area contributed by atoms with E-state index < -0.39 is 0 Å². The summed E-state index contributed by atoms with van der Waals surface area (Å²) < 4.78 is 10.4. The molecule has 2 heterocycles. The number of ether oxygens (including phenoxy) is 1. The smallest absolute Gasteiger partial charge is 0.240 e. The molecule has 0 radical (unpaired) electrons. The van der Waals surface area contributed by atoms with E-state index in [1.54, 1.807) is 13.2 Å². The Bertz CT molecular complexity index is 779. The summed E-state index contributed by atoms with van der Waals surface area (Å²) >= 11 is 0. The minimum Gasteiger partial charge on any atom is -0.497 e. The van der Waals surface area contributed by atoms with Crippen LogP contribution >= 0.6 is 0 Å². The van der Waals surface area contributed by atoms with Crippen molar-refractivity contribution in [3.05, 3.63) is 41.6 Å². The molecule has 7 nitrogen and oxygen atoms in total. The zero-order valence-corrected chi connectivity index (χ0v) is 16.4. The van der Waals surface area contributed by atoms with E-state index >= 15 is 0 Å². The van der Waals surface area contributed by atoms with E-state index in [-0.39, 0.29) is 29.8 Å². The fourth-order valence-corrected chi connectivity index (χ4v) is 3.31. The van der Waals surface area contributed by atoms with Gasteiger partial charge in [0.15, 0.2) is 0 Å². The number of benzene rings is 1. The van der Waals surface area contributed by atoms with E-state index in [1.807, 2.05) is 45.0 Å². The minimum absolute atomic E-state index is 0.0102. The largest absolute Gasteiger partial charge is 0.497 e. The van der Waals surface area contributed by atoms with Crippen molar-refractivity contribution in [3.8, 4) is 5.75 Å². The number of nitrogens with one attached hydrogen (secondary N) is 1. The maximum atomic E-state index is 12.4. The second kappa shape index (κ2) is 7.70. The van der Waals surface area contributed by atoms with Gasteiger partial charge in [0.05, 0.1) is 19.3 Å². The van der Waals surface area contributed by atoms with E-state index in [4.69, 9.17) is 15.0 Å². The Labute approximate surface area is 159 Å². The Hall–Kier alpha value is -2.38. The highest BCUT2D eigenvalue weighted by molar-refractivity contribution is 5.91. The molecule has 1 aliphatic heterocycles. The number of carbonyl (C=O) groups is 1. The van der Waals surface area contributed by atoms with Gasteiger partial charge in [0.2, 0.25) is 11.8 Å². The van der Waals surface area contributed by atoms with Gasteiger partial charge in [-0.05, 0) is 17.7 Å². The average Bonchev–Trinajstić information content (AvgIpc) is 3.21. The highest BCUT2D eigenvalue weighted by Crippen LogP contribution is 2.28. The Morgan fingerprint density at radius 2 is 2.04 bits per heavy atom. The Morgan fingerprint density at radius 3 is 2.63 bits per heavy atom. The molecule has 0 spiro atoms. The SMILES string of the molecule is COc1ccc([C@@H]2CN(CC(=O)Nc3cc(C(C)(C)C)no3)C[C@H]2N)cc1. The molecule has 0 bridgehead atoms. The van der Waals surface area contributed by atoms with Gasteiger partial charge in [-0.15, -0.1) is 0 Å². The van der Waals surface area contributed by atoms with Crippen molar-refractivity contribution in [1.82, 2.24) is 10.1 Å². The molecule has 1 saturated heterocycles. The fraction of sp³-hybridized carbons (Fsp3) is 0.500. The number of carbonyl (C=O) groups excluding carboxylic acids is 1. The molecule has 0 saturated carbocycles. The molecule has 0 unspecified atom stereocenters. The Balaban J connectivity index is 1.56. The maximum absolute atomic E-state index is 12.4. The number of rotatable bonds is 5. The minimum atomic E-state index is -0.130. The van der Waals surface area contributed by atoms with Crippen LogP contribution in [0.5, 0.6) is 5.75 Å². The van der Waals surface area contributed by atoms with Crippen LogP contribution in [0.15, 0.2) is 34.9 Å². The highest BCUT2D eigenvalue weighted by Gasteiger charge is 2.32. The molecule has 3 N–H and O–H groups in total. The summed E-state index contributed by atoms with van der Waals surface area (Å²) in [5, 5.41) is 6.80. The quantitative estimate of drug-likeness (QED) is 0.837. The monoisotopic (exact) mass is 372 g/mol. The van der Waals surface area contributed by atoms with Crippen LogP contribution < -0.4 is 15.8 Å². The Kier molecular flexibility index (Phi) is 5.53.